The molecule has 0 aliphatic heterocycles. The molecule has 0 radical (unpaired) electrons. The maximum Gasteiger partial charge on any atom is 0.0547 e. The molecule has 0 spiro atoms. The molecule has 3 nitrogen and oxygen atoms in total. The summed E-state index contributed by atoms with van der Waals surface area (Å²) in [5.41, 5.74) is 2.39. The van der Waals surface area contributed by atoms with E-state index in [1.54, 1.807) is 0 Å². The summed E-state index contributed by atoms with van der Waals surface area (Å²) in [4.78, 5) is 7.45. The van der Waals surface area contributed by atoms with Gasteiger partial charge in [-0.05, 0) is 56.8 Å². The monoisotopic (exact) mass is 289 g/mol. The molecule has 0 amide bonds. The van der Waals surface area contributed by atoms with Gasteiger partial charge in [0, 0.05) is 19.1 Å². The summed E-state index contributed by atoms with van der Waals surface area (Å²) in [5.74, 6) is 0.781. The van der Waals surface area contributed by atoms with E-state index in [0.717, 1.165) is 31.6 Å². The lowest BCUT2D eigenvalue weighted by Crippen LogP contribution is -2.28. The van der Waals surface area contributed by atoms with Crippen LogP contribution in [0.15, 0.2) is 18.2 Å². The second-order valence-corrected chi connectivity index (χ2v) is 6.68. The van der Waals surface area contributed by atoms with E-state index in [2.05, 4.69) is 49.2 Å². The molecule has 118 valence electrons. The van der Waals surface area contributed by atoms with Crippen molar-refractivity contribution in [1.29, 1.82) is 0 Å². The number of rotatable bonds is 10. The van der Waals surface area contributed by atoms with Crippen molar-refractivity contribution >= 4 is 0 Å². The lowest BCUT2D eigenvalue weighted by Gasteiger charge is -2.22. The maximum absolute atomic E-state index is 4.82. The van der Waals surface area contributed by atoms with Gasteiger partial charge in [-0.15, -0.1) is 0 Å². The normalized spacial score (nSPS) is 15.1. The van der Waals surface area contributed by atoms with Crippen LogP contribution in [-0.2, 0) is 13.1 Å². The molecule has 3 heteroatoms. The Hall–Kier alpha value is -0.930. The number of nitrogens with zero attached hydrogens (tertiary/aromatic N) is 2. The fraction of sp³-hybridized carbons (Fsp3) is 0.722. The minimum absolute atomic E-state index is 0.781. The van der Waals surface area contributed by atoms with Crippen molar-refractivity contribution in [2.24, 2.45) is 5.92 Å². The van der Waals surface area contributed by atoms with Crippen molar-refractivity contribution < 1.29 is 0 Å². The third kappa shape index (κ3) is 6.15. The highest BCUT2D eigenvalue weighted by molar-refractivity contribution is 5.11. The molecule has 1 N–H and O–H groups in total. The molecule has 1 aliphatic rings. The van der Waals surface area contributed by atoms with Crippen molar-refractivity contribution in [1.82, 2.24) is 15.2 Å². The first kappa shape index (κ1) is 16.4. The van der Waals surface area contributed by atoms with E-state index in [4.69, 9.17) is 4.98 Å². The highest BCUT2D eigenvalue weighted by Crippen LogP contribution is 2.28. The first-order valence-corrected chi connectivity index (χ1v) is 8.58. The van der Waals surface area contributed by atoms with Gasteiger partial charge in [0.1, 0.15) is 0 Å². The van der Waals surface area contributed by atoms with Crippen LogP contribution >= 0.6 is 0 Å². The van der Waals surface area contributed by atoms with Crippen LogP contribution in [0.5, 0.6) is 0 Å². The molecule has 0 aromatic carbocycles. The van der Waals surface area contributed by atoms with Gasteiger partial charge >= 0.3 is 0 Å². The lowest BCUT2D eigenvalue weighted by atomic mass is 10.1. The van der Waals surface area contributed by atoms with Gasteiger partial charge in [0.2, 0.25) is 0 Å². The minimum Gasteiger partial charge on any atom is -0.311 e. The molecule has 0 saturated heterocycles. The first-order valence-electron chi connectivity index (χ1n) is 8.58. The van der Waals surface area contributed by atoms with Crippen LogP contribution in [-0.4, -0.2) is 29.0 Å². The van der Waals surface area contributed by atoms with Crippen LogP contribution in [0.1, 0.15) is 57.8 Å². The zero-order valence-corrected chi connectivity index (χ0v) is 13.9. The van der Waals surface area contributed by atoms with Crippen molar-refractivity contribution in [3.05, 3.63) is 29.6 Å². The van der Waals surface area contributed by atoms with E-state index in [0.29, 0.717) is 0 Å². The number of nitrogens with one attached hydrogen (secondary N) is 1. The number of hydrogen-bond acceptors (Lipinski definition) is 3. The Morgan fingerprint density at radius 3 is 2.71 bits per heavy atom. The molecule has 1 fully saturated rings. The van der Waals surface area contributed by atoms with E-state index in [-0.39, 0.29) is 0 Å². The standard InChI is InChI=1S/C18H31N3/c1-4-11-19-13-16-6-5-7-17(20-16)14-21(18-8-9-18)12-10-15(2)3/h5-7,15,18-19H,4,8-14H2,1-3H3. The van der Waals surface area contributed by atoms with Crippen LogP contribution in [0.3, 0.4) is 0 Å². The van der Waals surface area contributed by atoms with Gasteiger partial charge in [-0.25, -0.2) is 0 Å². The average molecular weight is 289 g/mol. The van der Waals surface area contributed by atoms with E-state index in [1.165, 1.54) is 43.6 Å². The third-order valence-electron chi connectivity index (χ3n) is 4.02. The van der Waals surface area contributed by atoms with Crippen molar-refractivity contribution in [3.8, 4) is 0 Å². The summed E-state index contributed by atoms with van der Waals surface area (Å²) in [6.07, 6.45) is 5.20. The fourth-order valence-corrected chi connectivity index (χ4v) is 2.57. The fourth-order valence-electron chi connectivity index (χ4n) is 2.57. The summed E-state index contributed by atoms with van der Waals surface area (Å²) < 4.78 is 0. The Kier molecular flexibility index (Phi) is 6.65. The van der Waals surface area contributed by atoms with Crippen molar-refractivity contribution in [2.75, 3.05) is 13.1 Å². The molecule has 1 aromatic rings. The molecule has 0 unspecified atom stereocenters. The van der Waals surface area contributed by atoms with Crippen molar-refractivity contribution in [3.63, 3.8) is 0 Å². The summed E-state index contributed by atoms with van der Waals surface area (Å²) in [7, 11) is 0. The van der Waals surface area contributed by atoms with E-state index in [1.807, 2.05) is 0 Å². The van der Waals surface area contributed by atoms with Crippen LogP contribution < -0.4 is 5.32 Å². The van der Waals surface area contributed by atoms with Gasteiger partial charge in [-0.3, -0.25) is 9.88 Å². The van der Waals surface area contributed by atoms with Crippen LogP contribution in [0, 0.1) is 5.92 Å². The number of pyridine rings is 1. The Bertz CT molecular complexity index is 413. The molecule has 21 heavy (non-hydrogen) atoms. The van der Waals surface area contributed by atoms with Gasteiger partial charge < -0.3 is 5.32 Å². The van der Waals surface area contributed by atoms with Gasteiger partial charge in [-0.2, -0.15) is 0 Å². The van der Waals surface area contributed by atoms with Gasteiger partial charge in [0.05, 0.1) is 11.4 Å². The lowest BCUT2D eigenvalue weighted by molar-refractivity contribution is 0.236. The molecule has 0 bridgehead atoms. The number of aromatic nitrogens is 1. The predicted molar refractivity (Wildman–Crippen MR) is 89.1 cm³/mol. The first-order chi connectivity index (χ1) is 10.2. The molecule has 1 aliphatic carbocycles. The zero-order chi connectivity index (χ0) is 15.1. The van der Waals surface area contributed by atoms with Crippen LogP contribution in [0.2, 0.25) is 0 Å². The molecule has 1 heterocycles. The maximum atomic E-state index is 4.82. The highest BCUT2D eigenvalue weighted by Gasteiger charge is 2.28. The van der Waals surface area contributed by atoms with Crippen molar-refractivity contribution in [2.45, 2.75) is 65.6 Å². The van der Waals surface area contributed by atoms with Gasteiger partial charge in [-0.1, -0.05) is 26.8 Å². The molecule has 1 aromatic heterocycles. The molecule has 2 rings (SSSR count). The van der Waals surface area contributed by atoms with Gasteiger partial charge in [0.15, 0.2) is 0 Å². The predicted octanol–water partition coefficient (Wildman–Crippen LogP) is 3.59. The largest absolute Gasteiger partial charge is 0.311 e. The average Bonchev–Trinajstić information content (AvgIpc) is 3.28. The Morgan fingerprint density at radius 2 is 2.05 bits per heavy atom. The summed E-state index contributed by atoms with van der Waals surface area (Å²) in [5, 5.41) is 3.43. The van der Waals surface area contributed by atoms with Crippen LogP contribution in [0.4, 0.5) is 0 Å². The second-order valence-electron chi connectivity index (χ2n) is 6.68. The van der Waals surface area contributed by atoms with E-state index >= 15 is 0 Å². The Morgan fingerprint density at radius 1 is 1.29 bits per heavy atom. The summed E-state index contributed by atoms with van der Waals surface area (Å²) in [6, 6.07) is 7.27. The molecular weight excluding hydrogens is 258 g/mol. The molecule has 0 atom stereocenters. The second kappa shape index (κ2) is 8.50. The van der Waals surface area contributed by atoms with E-state index in [9.17, 15) is 0 Å². The highest BCUT2D eigenvalue weighted by atomic mass is 15.2. The molecule has 1 saturated carbocycles. The van der Waals surface area contributed by atoms with Crippen LogP contribution in [0.25, 0.3) is 0 Å². The van der Waals surface area contributed by atoms with E-state index < -0.39 is 0 Å². The smallest absolute Gasteiger partial charge is 0.0547 e. The van der Waals surface area contributed by atoms with Gasteiger partial charge in [0.25, 0.3) is 0 Å². The summed E-state index contributed by atoms with van der Waals surface area (Å²) in [6.45, 7) is 11.0. The quantitative estimate of drug-likeness (QED) is 0.667. The topological polar surface area (TPSA) is 28.2 Å². The number of hydrogen-bond donors (Lipinski definition) is 1. The SMILES string of the molecule is CCCNCc1cccc(CN(CCC(C)C)C2CC2)n1. The molecular formula is C18H31N3. The minimum atomic E-state index is 0.781. The Labute approximate surface area is 130 Å². The zero-order valence-electron chi connectivity index (χ0n) is 13.9. The summed E-state index contributed by atoms with van der Waals surface area (Å²) >= 11 is 0. The third-order valence-corrected chi connectivity index (χ3v) is 4.02. The Balaban J connectivity index is 1.88.